The predicted octanol–water partition coefficient (Wildman–Crippen LogP) is 3.19. The molecule has 2 rings (SSSR count). The topological polar surface area (TPSA) is 27.0 Å². The van der Waals surface area contributed by atoms with Crippen LogP contribution in [0, 0.1) is 22.7 Å². The molecule has 0 bridgehead atoms. The van der Waals surface area contributed by atoms with Gasteiger partial charge in [-0.15, -0.1) is 0 Å². The summed E-state index contributed by atoms with van der Waals surface area (Å²) in [7, 11) is 4.33. The van der Waals surface area contributed by atoms with E-state index in [0.717, 1.165) is 18.8 Å². The zero-order valence-electron chi connectivity index (χ0n) is 10.7. The van der Waals surface area contributed by atoms with Crippen molar-refractivity contribution in [2.75, 3.05) is 14.1 Å². The summed E-state index contributed by atoms with van der Waals surface area (Å²) in [5, 5.41) is 9.51. The van der Waals surface area contributed by atoms with Crippen LogP contribution in [0.15, 0.2) is 0 Å². The van der Waals surface area contributed by atoms with Gasteiger partial charge in [0.2, 0.25) is 0 Å². The van der Waals surface area contributed by atoms with Gasteiger partial charge in [-0.25, -0.2) is 0 Å². The fraction of sp³-hybridized carbons (Fsp3) is 0.929. The number of nitrogens with zero attached hydrogens (tertiary/aromatic N) is 2. The third kappa shape index (κ3) is 1.98. The molecular weight excluding hydrogens is 196 g/mol. The van der Waals surface area contributed by atoms with Crippen LogP contribution in [0.4, 0.5) is 0 Å². The lowest BCUT2D eigenvalue weighted by Gasteiger charge is -2.49. The molecule has 0 amide bonds. The average Bonchev–Trinajstić information content (AvgIpc) is 2.24. The maximum atomic E-state index is 9.51. The quantitative estimate of drug-likeness (QED) is 0.730. The molecule has 0 aliphatic heterocycles. The van der Waals surface area contributed by atoms with Gasteiger partial charge in [-0.3, -0.25) is 0 Å². The normalized spacial score (nSPS) is 27.1. The molecule has 0 N–H and O–H groups in total. The van der Waals surface area contributed by atoms with E-state index in [1.807, 2.05) is 0 Å². The lowest BCUT2D eigenvalue weighted by atomic mass is 9.60. The Kier molecular flexibility index (Phi) is 3.54. The lowest BCUT2D eigenvalue weighted by molar-refractivity contribution is 0.0211. The zero-order valence-corrected chi connectivity index (χ0v) is 10.7. The van der Waals surface area contributed by atoms with Crippen LogP contribution < -0.4 is 0 Å². The van der Waals surface area contributed by atoms with Crippen molar-refractivity contribution in [3.63, 3.8) is 0 Å². The van der Waals surface area contributed by atoms with Crippen molar-refractivity contribution in [1.29, 1.82) is 5.26 Å². The fourth-order valence-electron chi connectivity index (χ4n) is 3.85. The van der Waals surface area contributed by atoms with Crippen LogP contribution in [0.5, 0.6) is 0 Å². The molecule has 0 saturated heterocycles. The minimum Gasteiger partial charge on any atom is -0.305 e. The number of rotatable bonds is 3. The van der Waals surface area contributed by atoms with Gasteiger partial charge in [-0.1, -0.05) is 25.7 Å². The summed E-state index contributed by atoms with van der Waals surface area (Å²) in [6, 6.07) is 3.16. The molecule has 1 atom stereocenters. The Hall–Kier alpha value is -0.550. The molecule has 2 heteroatoms. The first-order valence-corrected chi connectivity index (χ1v) is 6.77. The van der Waals surface area contributed by atoms with Gasteiger partial charge in [0.15, 0.2) is 0 Å². The maximum absolute atomic E-state index is 9.51. The average molecular weight is 220 g/mol. The standard InChI is InChI=1S/C14H24N2/c1-16(2)13(12-7-4-3-5-8-12)14(11-15)9-6-10-14/h12-13H,3-10H2,1-2H3. The Labute approximate surface area is 99.6 Å². The van der Waals surface area contributed by atoms with Crippen LogP contribution >= 0.6 is 0 Å². The summed E-state index contributed by atoms with van der Waals surface area (Å²) < 4.78 is 0. The van der Waals surface area contributed by atoms with Gasteiger partial charge < -0.3 is 4.90 Å². The maximum Gasteiger partial charge on any atom is 0.0731 e. The third-order valence-corrected chi connectivity index (χ3v) is 4.69. The van der Waals surface area contributed by atoms with Gasteiger partial charge in [0.1, 0.15) is 0 Å². The van der Waals surface area contributed by atoms with Crippen LogP contribution in [0.2, 0.25) is 0 Å². The molecule has 2 fully saturated rings. The molecule has 2 aliphatic rings. The van der Waals surface area contributed by atoms with Crippen molar-refractivity contribution in [1.82, 2.24) is 4.90 Å². The van der Waals surface area contributed by atoms with E-state index in [9.17, 15) is 5.26 Å². The van der Waals surface area contributed by atoms with Gasteiger partial charge in [0.05, 0.1) is 11.5 Å². The molecule has 0 heterocycles. The van der Waals surface area contributed by atoms with E-state index >= 15 is 0 Å². The van der Waals surface area contributed by atoms with Crippen molar-refractivity contribution in [2.45, 2.75) is 57.4 Å². The molecule has 2 aliphatic carbocycles. The van der Waals surface area contributed by atoms with Crippen LogP contribution in [0.3, 0.4) is 0 Å². The van der Waals surface area contributed by atoms with E-state index in [0.29, 0.717) is 6.04 Å². The Bertz CT molecular complexity index is 267. The second-order valence-corrected chi connectivity index (χ2v) is 5.93. The Morgan fingerprint density at radius 3 is 2.12 bits per heavy atom. The summed E-state index contributed by atoms with van der Waals surface area (Å²) >= 11 is 0. The van der Waals surface area contributed by atoms with Crippen molar-refractivity contribution in [2.24, 2.45) is 11.3 Å². The van der Waals surface area contributed by atoms with Gasteiger partial charge in [-0.2, -0.15) is 5.26 Å². The second kappa shape index (κ2) is 4.75. The van der Waals surface area contributed by atoms with Crippen molar-refractivity contribution >= 4 is 0 Å². The number of hydrogen-bond donors (Lipinski definition) is 0. The molecule has 90 valence electrons. The van der Waals surface area contributed by atoms with E-state index in [2.05, 4.69) is 25.1 Å². The lowest BCUT2D eigenvalue weighted by Crippen LogP contribution is -2.52. The van der Waals surface area contributed by atoms with Gasteiger partial charge in [0.25, 0.3) is 0 Å². The molecule has 0 radical (unpaired) electrons. The zero-order chi connectivity index (χ0) is 11.6. The fourth-order valence-corrected chi connectivity index (χ4v) is 3.85. The molecule has 0 aromatic carbocycles. The summed E-state index contributed by atoms with van der Waals surface area (Å²) in [6.07, 6.45) is 10.3. The van der Waals surface area contributed by atoms with Crippen LogP contribution in [-0.4, -0.2) is 25.0 Å². The molecule has 2 nitrogen and oxygen atoms in total. The highest BCUT2D eigenvalue weighted by Crippen LogP contribution is 2.49. The second-order valence-electron chi connectivity index (χ2n) is 5.93. The van der Waals surface area contributed by atoms with Crippen LogP contribution in [-0.2, 0) is 0 Å². The highest BCUT2D eigenvalue weighted by Gasteiger charge is 2.48. The van der Waals surface area contributed by atoms with E-state index in [4.69, 9.17) is 0 Å². The van der Waals surface area contributed by atoms with Gasteiger partial charge in [0, 0.05) is 6.04 Å². The Balaban J connectivity index is 2.13. The van der Waals surface area contributed by atoms with Crippen molar-refractivity contribution < 1.29 is 0 Å². The number of hydrogen-bond acceptors (Lipinski definition) is 2. The monoisotopic (exact) mass is 220 g/mol. The third-order valence-electron chi connectivity index (χ3n) is 4.69. The van der Waals surface area contributed by atoms with E-state index < -0.39 is 0 Å². The molecule has 0 aromatic heterocycles. The SMILES string of the molecule is CN(C)C(C1CCCCC1)C1(C#N)CCC1. The minimum atomic E-state index is -0.00843. The molecule has 0 spiro atoms. The van der Waals surface area contributed by atoms with E-state index in [1.165, 1.54) is 38.5 Å². The smallest absolute Gasteiger partial charge is 0.0731 e. The minimum absolute atomic E-state index is 0.00843. The highest BCUT2D eigenvalue weighted by molar-refractivity contribution is 5.12. The Morgan fingerprint density at radius 1 is 1.12 bits per heavy atom. The molecule has 0 aromatic rings. The van der Waals surface area contributed by atoms with Crippen molar-refractivity contribution in [3.8, 4) is 6.07 Å². The van der Waals surface area contributed by atoms with E-state index in [-0.39, 0.29) is 5.41 Å². The largest absolute Gasteiger partial charge is 0.305 e. The van der Waals surface area contributed by atoms with Crippen molar-refractivity contribution in [3.05, 3.63) is 0 Å². The first-order chi connectivity index (χ1) is 7.69. The summed E-state index contributed by atoms with van der Waals surface area (Å²) in [5.74, 6) is 0.767. The van der Waals surface area contributed by atoms with Gasteiger partial charge in [-0.05, 0) is 45.7 Å². The summed E-state index contributed by atoms with van der Waals surface area (Å²) in [5.41, 5.74) is -0.00843. The predicted molar refractivity (Wildman–Crippen MR) is 65.9 cm³/mol. The molecule has 16 heavy (non-hydrogen) atoms. The first kappa shape index (κ1) is 11.9. The molecular formula is C14H24N2. The molecule has 1 unspecified atom stereocenters. The summed E-state index contributed by atoms with van der Waals surface area (Å²) in [6.45, 7) is 0. The first-order valence-electron chi connectivity index (χ1n) is 6.77. The highest BCUT2D eigenvalue weighted by atomic mass is 15.1. The van der Waals surface area contributed by atoms with Gasteiger partial charge >= 0.3 is 0 Å². The van der Waals surface area contributed by atoms with E-state index in [1.54, 1.807) is 0 Å². The van der Waals surface area contributed by atoms with Crippen LogP contribution in [0.25, 0.3) is 0 Å². The summed E-state index contributed by atoms with van der Waals surface area (Å²) in [4.78, 5) is 2.33. The van der Waals surface area contributed by atoms with Crippen LogP contribution in [0.1, 0.15) is 51.4 Å². The molecule has 2 saturated carbocycles. The number of nitriles is 1. The Morgan fingerprint density at radius 2 is 1.75 bits per heavy atom.